The lowest BCUT2D eigenvalue weighted by Crippen LogP contribution is -2.62. The van der Waals surface area contributed by atoms with Crippen molar-refractivity contribution in [1.82, 2.24) is 14.5 Å². The highest BCUT2D eigenvalue weighted by Gasteiger charge is 2.66. The number of likely N-dealkylation sites (tertiary alicyclic amines) is 1. The Morgan fingerprint density at radius 3 is 2.58 bits per heavy atom. The molecule has 1 aromatic carbocycles. The van der Waals surface area contributed by atoms with Crippen LogP contribution in [0, 0.1) is 28.6 Å². The van der Waals surface area contributed by atoms with E-state index in [1.165, 1.54) is 0 Å². The molecular formula is C28H38FN3O. The molecule has 4 fully saturated rings. The van der Waals surface area contributed by atoms with Gasteiger partial charge in [0, 0.05) is 38.4 Å². The Bertz CT molecular complexity index is 1110. The summed E-state index contributed by atoms with van der Waals surface area (Å²) in [4.78, 5) is 19.3. The highest BCUT2D eigenvalue weighted by Crippen LogP contribution is 2.68. The maximum absolute atomic E-state index is 17.0. The molecule has 2 unspecified atom stereocenters. The van der Waals surface area contributed by atoms with Crippen LogP contribution in [0.1, 0.15) is 71.0 Å². The van der Waals surface area contributed by atoms with E-state index in [0.717, 1.165) is 55.4 Å². The van der Waals surface area contributed by atoms with E-state index in [0.29, 0.717) is 49.0 Å². The van der Waals surface area contributed by atoms with Gasteiger partial charge < -0.3 is 9.47 Å². The molecule has 1 amide bonds. The van der Waals surface area contributed by atoms with Crippen LogP contribution in [0.2, 0.25) is 0 Å². The van der Waals surface area contributed by atoms with E-state index in [-0.39, 0.29) is 10.8 Å². The molecule has 4 aliphatic rings. The number of hydrogen-bond acceptors (Lipinski definition) is 2. The number of para-hydroxylation sites is 2. The summed E-state index contributed by atoms with van der Waals surface area (Å²) in [5.74, 6) is 2.83. The van der Waals surface area contributed by atoms with E-state index >= 15 is 4.39 Å². The van der Waals surface area contributed by atoms with E-state index in [9.17, 15) is 4.79 Å². The smallest absolute Gasteiger partial charge is 0.222 e. The Morgan fingerprint density at radius 1 is 1.03 bits per heavy atom. The molecule has 3 aliphatic carbocycles. The topological polar surface area (TPSA) is 38.1 Å². The molecule has 2 aromatic rings. The monoisotopic (exact) mass is 451 g/mol. The first-order valence-electron chi connectivity index (χ1n) is 13.0. The van der Waals surface area contributed by atoms with Crippen LogP contribution in [0.5, 0.6) is 0 Å². The highest BCUT2D eigenvalue weighted by atomic mass is 19.1. The predicted octanol–water partition coefficient (Wildman–Crippen LogP) is 5.69. The van der Waals surface area contributed by atoms with Crippen molar-refractivity contribution >= 4 is 16.9 Å². The summed E-state index contributed by atoms with van der Waals surface area (Å²) in [5.41, 5.74) is 0.748. The summed E-state index contributed by atoms with van der Waals surface area (Å²) in [6.45, 7) is 4.70. The van der Waals surface area contributed by atoms with E-state index in [2.05, 4.69) is 24.5 Å². The number of piperidine rings is 1. The minimum absolute atomic E-state index is 0.186. The van der Waals surface area contributed by atoms with Crippen LogP contribution in [0.3, 0.4) is 0 Å². The third kappa shape index (κ3) is 2.80. The summed E-state index contributed by atoms with van der Waals surface area (Å²) in [7, 11) is 4.04. The molecule has 178 valence electrons. The van der Waals surface area contributed by atoms with Crippen molar-refractivity contribution in [2.45, 2.75) is 83.3 Å². The molecule has 1 aliphatic heterocycles. The average Bonchev–Trinajstić information content (AvgIpc) is 3.25. The average molecular weight is 452 g/mol. The third-order valence-corrected chi connectivity index (χ3v) is 11.1. The Balaban J connectivity index is 1.30. The maximum atomic E-state index is 17.0. The van der Waals surface area contributed by atoms with E-state index in [4.69, 9.17) is 4.98 Å². The van der Waals surface area contributed by atoms with Gasteiger partial charge >= 0.3 is 0 Å². The van der Waals surface area contributed by atoms with Gasteiger partial charge in [-0.3, -0.25) is 4.79 Å². The van der Waals surface area contributed by atoms with Gasteiger partial charge in [0.15, 0.2) is 0 Å². The number of alkyl halides is 1. The molecule has 1 saturated heterocycles. The van der Waals surface area contributed by atoms with Gasteiger partial charge in [-0.1, -0.05) is 26.0 Å². The van der Waals surface area contributed by atoms with Gasteiger partial charge in [-0.05, 0) is 80.2 Å². The number of rotatable bonds is 2. The number of amides is 1. The van der Waals surface area contributed by atoms with Gasteiger partial charge in [0.25, 0.3) is 0 Å². The molecule has 3 saturated carbocycles. The lowest BCUT2D eigenvalue weighted by Gasteiger charge is -2.62. The van der Waals surface area contributed by atoms with Gasteiger partial charge in [-0.15, -0.1) is 0 Å². The number of hydrogen-bond donors (Lipinski definition) is 0. The molecule has 0 radical (unpaired) electrons. The minimum atomic E-state index is -1.20. The molecule has 2 heterocycles. The molecule has 7 atom stereocenters. The van der Waals surface area contributed by atoms with Crippen LogP contribution in [-0.4, -0.2) is 39.1 Å². The second-order valence-corrected chi connectivity index (χ2v) is 12.2. The van der Waals surface area contributed by atoms with Crippen LogP contribution in [0.15, 0.2) is 24.3 Å². The first kappa shape index (κ1) is 21.6. The quantitative estimate of drug-likeness (QED) is 0.588. The van der Waals surface area contributed by atoms with Crippen molar-refractivity contribution < 1.29 is 9.18 Å². The number of benzene rings is 1. The van der Waals surface area contributed by atoms with Crippen LogP contribution in [0.25, 0.3) is 11.0 Å². The first-order valence-corrected chi connectivity index (χ1v) is 13.0. The predicted molar refractivity (Wildman–Crippen MR) is 128 cm³/mol. The summed E-state index contributed by atoms with van der Waals surface area (Å²) < 4.78 is 19.1. The van der Waals surface area contributed by atoms with E-state index in [1.54, 1.807) is 0 Å². The molecule has 6 rings (SSSR count). The fraction of sp³-hybridized carbons (Fsp3) is 0.714. The summed E-state index contributed by atoms with van der Waals surface area (Å²) in [6, 6.07) is 8.50. The highest BCUT2D eigenvalue weighted by molar-refractivity contribution is 5.77. The van der Waals surface area contributed by atoms with Crippen molar-refractivity contribution in [2.24, 2.45) is 35.6 Å². The van der Waals surface area contributed by atoms with E-state index < -0.39 is 5.67 Å². The first-order chi connectivity index (χ1) is 15.7. The van der Waals surface area contributed by atoms with Gasteiger partial charge in [-0.2, -0.15) is 0 Å². The van der Waals surface area contributed by atoms with Crippen molar-refractivity contribution in [3.8, 4) is 0 Å². The number of nitrogens with zero attached hydrogens (tertiary/aromatic N) is 3. The summed E-state index contributed by atoms with van der Waals surface area (Å²) in [5, 5.41) is 0. The number of fused-ring (bicyclic) bond motifs is 6. The molecule has 5 heteroatoms. The van der Waals surface area contributed by atoms with Crippen molar-refractivity contribution in [3.63, 3.8) is 0 Å². The van der Waals surface area contributed by atoms with Gasteiger partial charge in [0.2, 0.25) is 5.91 Å². The van der Waals surface area contributed by atoms with Crippen molar-refractivity contribution in [1.29, 1.82) is 0 Å². The second-order valence-electron chi connectivity index (χ2n) is 12.2. The van der Waals surface area contributed by atoms with Gasteiger partial charge in [-0.25, -0.2) is 9.37 Å². The number of imidazole rings is 1. The number of carbonyl (C=O) groups excluding carboxylic acids is 1. The van der Waals surface area contributed by atoms with Crippen molar-refractivity contribution in [3.05, 3.63) is 30.1 Å². The standard InChI is InChI=1S/C28H38FN3O/c1-26-14-13-25(33)32(4)23(26)10-9-18-19(26)11-15-27(2)20(18)12-16-28(27,29)17-24-30-21-7-5-6-8-22(21)31(24)3/h5-8,18-20,23H,9-17H2,1-4H3/t18-,19-,20+,23?,26-,27+,28?/m1/s1. The minimum Gasteiger partial charge on any atom is -0.342 e. The number of halogens is 1. The molecule has 0 bridgehead atoms. The van der Waals surface area contributed by atoms with Gasteiger partial charge in [0.05, 0.1) is 11.0 Å². The number of carbonyl (C=O) groups is 1. The van der Waals surface area contributed by atoms with Crippen LogP contribution >= 0.6 is 0 Å². The van der Waals surface area contributed by atoms with Crippen LogP contribution < -0.4 is 0 Å². The summed E-state index contributed by atoms with van der Waals surface area (Å²) >= 11 is 0. The molecule has 4 nitrogen and oxygen atoms in total. The lowest BCUT2D eigenvalue weighted by molar-refractivity contribution is -0.162. The maximum Gasteiger partial charge on any atom is 0.222 e. The molecule has 1 aromatic heterocycles. The molecular weight excluding hydrogens is 413 g/mol. The molecule has 0 spiro atoms. The SMILES string of the molecule is CN1C(=O)CC[C@@]2(C)C1CC[C@@H]1[C@H]2CC[C@@]2(C)[C@H]1CCC2(F)Cc1nc2ccccc2n1C. The fourth-order valence-corrected chi connectivity index (χ4v) is 9.12. The Morgan fingerprint density at radius 2 is 1.79 bits per heavy atom. The van der Waals surface area contributed by atoms with Crippen molar-refractivity contribution in [2.75, 3.05) is 7.05 Å². The zero-order chi connectivity index (χ0) is 23.2. The van der Waals surface area contributed by atoms with E-state index in [1.807, 2.05) is 37.2 Å². The largest absolute Gasteiger partial charge is 0.342 e. The Kier molecular flexibility index (Phi) is 4.62. The fourth-order valence-electron chi connectivity index (χ4n) is 9.12. The Labute approximate surface area is 196 Å². The van der Waals surface area contributed by atoms with Gasteiger partial charge in [0.1, 0.15) is 11.5 Å². The number of aromatic nitrogens is 2. The van der Waals surface area contributed by atoms with Crippen LogP contribution in [0.4, 0.5) is 4.39 Å². The van der Waals surface area contributed by atoms with Crippen LogP contribution in [-0.2, 0) is 18.3 Å². The second kappa shape index (κ2) is 7.05. The zero-order valence-electron chi connectivity index (χ0n) is 20.6. The molecule has 0 N–H and O–H groups in total. The Hall–Kier alpha value is -1.91. The zero-order valence-corrected chi connectivity index (χ0v) is 20.6. The number of aryl methyl sites for hydroxylation is 1. The summed E-state index contributed by atoms with van der Waals surface area (Å²) in [6.07, 6.45) is 8.02. The lowest BCUT2D eigenvalue weighted by atomic mass is 9.46. The third-order valence-electron chi connectivity index (χ3n) is 11.1. The molecule has 33 heavy (non-hydrogen) atoms. The normalized spacial score (nSPS) is 42.8.